The summed E-state index contributed by atoms with van der Waals surface area (Å²) in [6.07, 6.45) is 0. The third-order valence-corrected chi connectivity index (χ3v) is 5.09. The third kappa shape index (κ3) is 4.81. The molecule has 2 amide bonds. The topological polar surface area (TPSA) is 76.7 Å². The van der Waals surface area contributed by atoms with E-state index in [-0.39, 0.29) is 12.6 Å². The molecule has 0 bridgehead atoms. The lowest BCUT2D eigenvalue weighted by Crippen LogP contribution is -2.45. The zero-order valence-corrected chi connectivity index (χ0v) is 17.7. The number of carbonyl (C=O) groups is 2. The average Bonchev–Trinajstić information content (AvgIpc) is 2.84. The second kappa shape index (κ2) is 9.83. The smallest absolute Gasteiger partial charge is 0.338 e. The minimum Gasteiger partial charge on any atom is -0.489 e. The first-order chi connectivity index (χ1) is 15.7. The van der Waals surface area contributed by atoms with Crippen LogP contribution in [-0.4, -0.2) is 18.6 Å². The molecule has 0 aromatic heterocycles. The first-order valence-corrected chi connectivity index (χ1v) is 10.5. The van der Waals surface area contributed by atoms with E-state index in [0.717, 1.165) is 16.7 Å². The van der Waals surface area contributed by atoms with E-state index in [9.17, 15) is 9.59 Å². The molecule has 1 heterocycles. The number of carbonyl (C=O) groups excluding carboxylic acids is 2. The van der Waals surface area contributed by atoms with Crippen LogP contribution in [-0.2, 0) is 16.1 Å². The Bertz CT molecular complexity index is 1110. The van der Waals surface area contributed by atoms with Gasteiger partial charge in [0.1, 0.15) is 12.4 Å². The number of hydrogen-bond acceptors (Lipinski definition) is 4. The number of benzene rings is 3. The predicted molar refractivity (Wildman–Crippen MR) is 122 cm³/mol. The second-order valence-electron chi connectivity index (χ2n) is 7.25. The summed E-state index contributed by atoms with van der Waals surface area (Å²) in [5.41, 5.74) is 3.36. The van der Waals surface area contributed by atoms with Crippen molar-refractivity contribution in [2.75, 3.05) is 6.61 Å². The summed E-state index contributed by atoms with van der Waals surface area (Å²) < 4.78 is 11.2. The van der Waals surface area contributed by atoms with Crippen molar-refractivity contribution in [2.45, 2.75) is 19.6 Å². The van der Waals surface area contributed by atoms with Gasteiger partial charge in [-0.25, -0.2) is 9.59 Å². The fraction of sp³-hybridized carbons (Fsp3) is 0.154. The molecule has 0 aliphatic carbocycles. The van der Waals surface area contributed by atoms with Crippen LogP contribution in [0.15, 0.2) is 90.5 Å². The molecule has 0 saturated carbocycles. The van der Waals surface area contributed by atoms with Gasteiger partial charge in [-0.15, -0.1) is 0 Å². The monoisotopic (exact) mass is 428 g/mol. The second-order valence-corrected chi connectivity index (χ2v) is 7.25. The van der Waals surface area contributed by atoms with E-state index in [2.05, 4.69) is 10.6 Å². The summed E-state index contributed by atoms with van der Waals surface area (Å²) in [4.78, 5) is 25.4. The molecular weight excluding hydrogens is 404 g/mol. The highest BCUT2D eigenvalue weighted by Gasteiger charge is 2.34. The minimum absolute atomic E-state index is 0.233. The summed E-state index contributed by atoms with van der Waals surface area (Å²) >= 11 is 0. The largest absolute Gasteiger partial charge is 0.489 e. The number of rotatable bonds is 7. The molecule has 1 atom stereocenters. The van der Waals surface area contributed by atoms with Crippen LogP contribution in [0.3, 0.4) is 0 Å². The lowest BCUT2D eigenvalue weighted by molar-refractivity contribution is -0.138. The maximum absolute atomic E-state index is 12.9. The van der Waals surface area contributed by atoms with Gasteiger partial charge in [-0.1, -0.05) is 72.8 Å². The molecule has 1 aliphatic heterocycles. The van der Waals surface area contributed by atoms with Gasteiger partial charge in [0.05, 0.1) is 23.9 Å². The molecule has 0 saturated heterocycles. The molecule has 6 nitrogen and oxygen atoms in total. The van der Waals surface area contributed by atoms with Gasteiger partial charge in [0, 0.05) is 0 Å². The lowest BCUT2D eigenvalue weighted by Gasteiger charge is -2.29. The van der Waals surface area contributed by atoms with Crippen LogP contribution in [0.5, 0.6) is 5.75 Å². The summed E-state index contributed by atoms with van der Waals surface area (Å²) in [6.45, 7) is 2.44. The van der Waals surface area contributed by atoms with E-state index in [1.807, 2.05) is 84.9 Å². The Kier molecular flexibility index (Phi) is 6.51. The predicted octanol–water partition coefficient (Wildman–Crippen LogP) is 4.59. The Morgan fingerprint density at radius 1 is 0.906 bits per heavy atom. The molecule has 162 valence electrons. The lowest BCUT2D eigenvalue weighted by atomic mass is 9.92. The van der Waals surface area contributed by atoms with Gasteiger partial charge in [-0.3, -0.25) is 0 Å². The molecule has 6 heteroatoms. The van der Waals surface area contributed by atoms with Gasteiger partial charge in [-0.05, 0) is 35.7 Å². The van der Waals surface area contributed by atoms with Crippen LogP contribution < -0.4 is 15.4 Å². The van der Waals surface area contributed by atoms with Gasteiger partial charge in [0.25, 0.3) is 0 Å². The maximum Gasteiger partial charge on any atom is 0.338 e. The molecule has 0 radical (unpaired) electrons. The molecule has 4 rings (SSSR count). The Hall–Kier alpha value is -4.06. The molecule has 1 aliphatic rings. The van der Waals surface area contributed by atoms with Gasteiger partial charge >= 0.3 is 12.0 Å². The van der Waals surface area contributed by atoms with Crippen molar-refractivity contribution in [3.05, 3.63) is 107 Å². The first-order valence-electron chi connectivity index (χ1n) is 10.5. The summed E-state index contributed by atoms with van der Waals surface area (Å²) in [7, 11) is 0. The van der Waals surface area contributed by atoms with Crippen LogP contribution in [0, 0.1) is 0 Å². The number of nitrogens with one attached hydrogen (secondary N) is 2. The summed E-state index contributed by atoms with van der Waals surface area (Å²) in [6, 6.07) is 25.5. The first kappa shape index (κ1) is 21.2. The van der Waals surface area contributed by atoms with E-state index in [1.165, 1.54) is 0 Å². The molecule has 3 aromatic rings. The van der Waals surface area contributed by atoms with Crippen molar-refractivity contribution < 1.29 is 19.1 Å². The molecular formula is C26H24N2O4. The Balaban J connectivity index is 1.64. The van der Waals surface area contributed by atoms with Gasteiger partial charge in [0.15, 0.2) is 0 Å². The zero-order chi connectivity index (χ0) is 22.3. The van der Waals surface area contributed by atoms with E-state index in [0.29, 0.717) is 23.6 Å². The van der Waals surface area contributed by atoms with Crippen molar-refractivity contribution in [1.29, 1.82) is 0 Å². The quantitative estimate of drug-likeness (QED) is 0.540. The van der Waals surface area contributed by atoms with Gasteiger partial charge in [-0.2, -0.15) is 0 Å². The number of urea groups is 1. The highest BCUT2D eigenvalue weighted by Crippen LogP contribution is 2.32. The zero-order valence-electron chi connectivity index (χ0n) is 17.7. The van der Waals surface area contributed by atoms with Crippen molar-refractivity contribution in [3.8, 4) is 5.75 Å². The van der Waals surface area contributed by atoms with E-state index in [4.69, 9.17) is 9.47 Å². The number of hydrogen-bond donors (Lipinski definition) is 2. The van der Waals surface area contributed by atoms with E-state index >= 15 is 0 Å². The van der Waals surface area contributed by atoms with Gasteiger partial charge in [0.2, 0.25) is 0 Å². The third-order valence-electron chi connectivity index (χ3n) is 5.09. The fourth-order valence-electron chi connectivity index (χ4n) is 3.57. The minimum atomic E-state index is -0.652. The molecule has 1 unspecified atom stereocenters. The Labute approximate surface area is 186 Å². The highest BCUT2D eigenvalue weighted by atomic mass is 16.5. The van der Waals surface area contributed by atoms with Crippen LogP contribution in [0.25, 0.3) is 5.70 Å². The standard InChI is InChI=1S/C26H24N2O4/c1-2-31-25(29)22-23(19-11-7-4-8-12-19)27-26(30)28-24(22)20-13-15-21(16-14-20)32-17-18-9-5-3-6-10-18/h3-16,24H,2,17H2,1H3,(H2,27,28,30). The SMILES string of the molecule is CCOC(=O)C1=C(c2ccccc2)NC(=O)NC1c1ccc(OCc2ccccc2)cc1. The molecule has 32 heavy (non-hydrogen) atoms. The van der Waals surface area contributed by atoms with Crippen LogP contribution in [0.2, 0.25) is 0 Å². The number of amides is 2. The van der Waals surface area contributed by atoms with Crippen molar-refractivity contribution in [3.63, 3.8) is 0 Å². The highest BCUT2D eigenvalue weighted by molar-refractivity contribution is 6.04. The molecule has 0 fully saturated rings. The molecule has 2 N–H and O–H groups in total. The molecule has 0 spiro atoms. The van der Waals surface area contributed by atoms with E-state index < -0.39 is 12.0 Å². The average molecular weight is 428 g/mol. The number of ether oxygens (including phenoxy) is 2. The van der Waals surface area contributed by atoms with Crippen molar-refractivity contribution >= 4 is 17.7 Å². The Morgan fingerprint density at radius 2 is 1.56 bits per heavy atom. The van der Waals surface area contributed by atoms with Crippen molar-refractivity contribution in [2.24, 2.45) is 0 Å². The fourth-order valence-corrected chi connectivity index (χ4v) is 3.57. The summed E-state index contributed by atoms with van der Waals surface area (Å²) in [5, 5.41) is 5.63. The number of esters is 1. The molecule has 3 aromatic carbocycles. The van der Waals surface area contributed by atoms with Gasteiger partial charge < -0.3 is 20.1 Å². The van der Waals surface area contributed by atoms with Crippen molar-refractivity contribution in [1.82, 2.24) is 10.6 Å². The van der Waals surface area contributed by atoms with Crippen LogP contribution in [0.4, 0.5) is 4.79 Å². The van der Waals surface area contributed by atoms with E-state index in [1.54, 1.807) is 6.92 Å². The van der Waals surface area contributed by atoms with Crippen LogP contribution >= 0.6 is 0 Å². The summed E-state index contributed by atoms with van der Waals surface area (Å²) in [5.74, 6) is 0.219. The Morgan fingerprint density at radius 3 is 2.22 bits per heavy atom. The normalized spacial score (nSPS) is 15.5. The van der Waals surface area contributed by atoms with Crippen LogP contribution in [0.1, 0.15) is 29.7 Å². The maximum atomic E-state index is 12.9.